The largest absolute Gasteiger partial charge is 0.463 e. The molecule has 0 aromatic carbocycles. The number of hydrogen-bond donors (Lipinski definition) is 1. The molecule has 0 saturated heterocycles. The summed E-state index contributed by atoms with van der Waals surface area (Å²) in [5.74, 6) is 0. The van der Waals surface area contributed by atoms with Crippen LogP contribution in [0.1, 0.15) is 0 Å². The van der Waals surface area contributed by atoms with E-state index >= 15 is 0 Å². The predicted octanol–water partition coefficient (Wildman–Crippen LogP) is 0.226. The molecule has 50 valence electrons. The van der Waals surface area contributed by atoms with Crippen LogP contribution in [-0.2, 0) is 0 Å². The van der Waals surface area contributed by atoms with Gasteiger partial charge in [-0.05, 0) is 0 Å². The fourth-order valence-corrected chi connectivity index (χ4v) is 0.307. The average Bonchev–Trinajstić information content (AvgIpc) is 2.12. The molecular weight excluding hydrogens is 146 g/mol. The normalized spacial score (nSPS) is 8.00. The predicted molar refractivity (Wildman–Crippen MR) is 30.7 cm³/mol. The molecule has 0 fully saturated rings. The topological polar surface area (TPSA) is 68.0 Å². The maximum atomic E-state index is 9.92. The molecule has 5 nitrogen and oxygen atoms in total. The van der Waals surface area contributed by atoms with E-state index in [2.05, 4.69) is 10.1 Å². The standard InChI is InChI=1S/C3H3N3O2.ClH/c7-3(8)6-2-4-1-5-6;/h1-2H,(H,7,8);1H. The van der Waals surface area contributed by atoms with Crippen molar-refractivity contribution in [2.45, 2.75) is 0 Å². The van der Waals surface area contributed by atoms with Gasteiger partial charge in [-0.1, -0.05) is 0 Å². The Bertz CT molecular complexity index is 185. The van der Waals surface area contributed by atoms with Gasteiger partial charge in [-0.3, -0.25) is 0 Å². The lowest BCUT2D eigenvalue weighted by Gasteiger charge is -1.83. The minimum atomic E-state index is -1.12. The highest BCUT2D eigenvalue weighted by atomic mass is 35.5. The summed E-state index contributed by atoms with van der Waals surface area (Å²) in [6.07, 6.45) is 1.15. The highest BCUT2D eigenvalue weighted by Gasteiger charge is 1.96. The quantitative estimate of drug-likeness (QED) is 0.573. The number of carbonyl (C=O) groups is 1. The first kappa shape index (κ1) is 7.90. The highest BCUT2D eigenvalue weighted by Crippen LogP contribution is 1.75. The monoisotopic (exact) mass is 149 g/mol. The van der Waals surface area contributed by atoms with Crippen molar-refractivity contribution in [1.82, 2.24) is 14.8 Å². The van der Waals surface area contributed by atoms with E-state index in [1.807, 2.05) is 0 Å². The summed E-state index contributed by atoms with van der Waals surface area (Å²) in [6, 6.07) is 0. The van der Waals surface area contributed by atoms with Crippen LogP contribution in [0.4, 0.5) is 4.79 Å². The van der Waals surface area contributed by atoms with Gasteiger partial charge in [0.15, 0.2) is 0 Å². The number of rotatable bonds is 0. The Morgan fingerprint density at radius 2 is 2.33 bits per heavy atom. The van der Waals surface area contributed by atoms with Crippen LogP contribution in [0.25, 0.3) is 0 Å². The maximum absolute atomic E-state index is 9.92. The molecule has 0 aliphatic heterocycles. The molecular formula is C3H4ClN3O2. The van der Waals surface area contributed by atoms with E-state index in [0.717, 1.165) is 17.3 Å². The fourth-order valence-electron chi connectivity index (χ4n) is 0.307. The molecule has 0 spiro atoms. The van der Waals surface area contributed by atoms with Crippen molar-refractivity contribution >= 4 is 18.5 Å². The summed E-state index contributed by atoms with van der Waals surface area (Å²) in [5.41, 5.74) is 0. The molecule has 1 rings (SSSR count). The first-order chi connectivity index (χ1) is 3.80. The zero-order valence-corrected chi connectivity index (χ0v) is 5.08. The molecule has 0 amide bonds. The van der Waals surface area contributed by atoms with Crippen molar-refractivity contribution in [2.24, 2.45) is 0 Å². The number of hydrogen-bond acceptors (Lipinski definition) is 3. The number of aromatic nitrogens is 3. The van der Waals surface area contributed by atoms with Crippen LogP contribution in [0.3, 0.4) is 0 Å². The van der Waals surface area contributed by atoms with Gasteiger partial charge in [-0.25, -0.2) is 9.78 Å². The summed E-state index contributed by atoms with van der Waals surface area (Å²) >= 11 is 0. The maximum Gasteiger partial charge on any atom is 0.433 e. The molecule has 1 aromatic rings. The van der Waals surface area contributed by atoms with Crippen molar-refractivity contribution in [1.29, 1.82) is 0 Å². The first-order valence-electron chi connectivity index (χ1n) is 1.88. The Balaban J connectivity index is 0.000000640. The average molecular weight is 150 g/mol. The van der Waals surface area contributed by atoms with Gasteiger partial charge in [-0.15, -0.1) is 17.5 Å². The molecule has 0 atom stereocenters. The van der Waals surface area contributed by atoms with Crippen molar-refractivity contribution < 1.29 is 9.90 Å². The van der Waals surface area contributed by atoms with Gasteiger partial charge >= 0.3 is 6.09 Å². The smallest absolute Gasteiger partial charge is 0.433 e. The molecule has 0 radical (unpaired) electrons. The Kier molecular flexibility index (Phi) is 2.66. The second kappa shape index (κ2) is 3.03. The van der Waals surface area contributed by atoms with Crippen molar-refractivity contribution in [3.63, 3.8) is 0 Å². The third kappa shape index (κ3) is 1.69. The van der Waals surface area contributed by atoms with Crippen LogP contribution in [0.5, 0.6) is 0 Å². The van der Waals surface area contributed by atoms with E-state index in [1.54, 1.807) is 0 Å². The Labute approximate surface area is 56.7 Å². The second-order valence-corrected chi connectivity index (χ2v) is 1.12. The van der Waals surface area contributed by atoms with Crippen LogP contribution < -0.4 is 0 Å². The summed E-state index contributed by atoms with van der Waals surface area (Å²) in [5, 5.41) is 11.5. The van der Waals surface area contributed by atoms with Crippen molar-refractivity contribution in [2.75, 3.05) is 0 Å². The molecule has 0 saturated carbocycles. The van der Waals surface area contributed by atoms with Gasteiger partial charge < -0.3 is 5.11 Å². The molecule has 1 heterocycles. The molecule has 0 aliphatic rings. The molecule has 9 heavy (non-hydrogen) atoms. The van der Waals surface area contributed by atoms with E-state index in [1.165, 1.54) is 0 Å². The van der Waals surface area contributed by atoms with E-state index in [0.29, 0.717) is 0 Å². The molecule has 0 bridgehead atoms. The second-order valence-electron chi connectivity index (χ2n) is 1.12. The summed E-state index contributed by atoms with van der Waals surface area (Å²) in [4.78, 5) is 13.3. The van der Waals surface area contributed by atoms with Gasteiger partial charge in [0.1, 0.15) is 12.7 Å². The van der Waals surface area contributed by atoms with E-state index in [9.17, 15) is 4.79 Å². The van der Waals surface area contributed by atoms with Crippen LogP contribution in [0.15, 0.2) is 12.7 Å². The number of nitrogens with zero attached hydrogens (tertiary/aromatic N) is 3. The molecule has 6 heteroatoms. The minimum Gasteiger partial charge on any atom is -0.463 e. The zero-order chi connectivity index (χ0) is 5.98. The zero-order valence-electron chi connectivity index (χ0n) is 4.26. The molecule has 0 aliphatic carbocycles. The van der Waals surface area contributed by atoms with Gasteiger partial charge in [0.25, 0.3) is 0 Å². The van der Waals surface area contributed by atoms with E-state index < -0.39 is 6.09 Å². The third-order valence-electron chi connectivity index (χ3n) is 0.615. The third-order valence-corrected chi connectivity index (χ3v) is 0.615. The van der Waals surface area contributed by atoms with Crippen LogP contribution in [-0.4, -0.2) is 26.0 Å². The first-order valence-corrected chi connectivity index (χ1v) is 1.88. The lowest BCUT2D eigenvalue weighted by Crippen LogP contribution is -2.07. The Morgan fingerprint density at radius 1 is 1.67 bits per heavy atom. The van der Waals surface area contributed by atoms with Gasteiger partial charge in [0, 0.05) is 0 Å². The number of carboxylic acid groups (broad SMARTS) is 1. The van der Waals surface area contributed by atoms with Gasteiger partial charge in [0.2, 0.25) is 0 Å². The van der Waals surface area contributed by atoms with Crippen LogP contribution in [0, 0.1) is 0 Å². The SMILES string of the molecule is Cl.O=C(O)n1cncn1. The molecule has 1 aromatic heterocycles. The Morgan fingerprint density at radius 3 is 2.56 bits per heavy atom. The van der Waals surface area contributed by atoms with Gasteiger partial charge in [0.05, 0.1) is 0 Å². The summed E-state index contributed by atoms with van der Waals surface area (Å²) in [7, 11) is 0. The van der Waals surface area contributed by atoms with Crippen molar-refractivity contribution in [3.8, 4) is 0 Å². The molecule has 0 unspecified atom stereocenters. The summed E-state index contributed by atoms with van der Waals surface area (Å²) < 4.78 is 0.722. The van der Waals surface area contributed by atoms with Crippen LogP contribution >= 0.6 is 12.4 Å². The highest BCUT2D eigenvalue weighted by molar-refractivity contribution is 5.85. The van der Waals surface area contributed by atoms with E-state index in [-0.39, 0.29) is 12.4 Å². The van der Waals surface area contributed by atoms with Crippen LogP contribution in [0.2, 0.25) is 0 Å². The van der Waals surface area contributed by atoms with E-state index in [4.69, 9.17) is 5.11 Å². The Hall–Kier alpha value is -1.10. The lowest BCUT2D eigenvalue weighted by molar-refractivity contribution is 0.192. The lowest BCUT2D eigenvalue weighted by atomic mass is 11.1. The fraction of sp³-hybridized carbons (Fsp3) is 0. The van der Waals surface area contributed by atoms with Crippen molar-refractivity contribution in [3.05, 3.63) is 12.7 Å². The van der Waals surface area contributed by atoms with Gasteiger partial charge in [-0.2, -0.15) is 4.68 Å². The molecule has 1 N–H and O–H groups in total. The number of halogens is 1. The summed E-state index contributed by atoms with van der Waals surface area (Å²) in [6.45, 7) is 0. The minimum absolute atomic E-state index is 0.